The van der Waals surface area contributed by atoms with E-state index in [0.717, 1.165) is 5.69 Å². The molecule has 2 aromatic rings. The summed E-state index contributed by atoms with van der Waals surface area (Å²) in [7, 11) is 5.03. The van der Waals surface area contributed by atoms with Gasteiger partial charge >= 0.3 is 6.03 Å². The van der Waals surface area contributed by atoms with Crippen LogP contribution in [0, 0.1) is 5.92 Å². The monoisotopic (exact) mass is 442 g/mol. The number of benzene rings is 1. The summed E-state index contributed by atoms with van der Waals surface area (Å²) in [6.07, 6.45) is 3.55. The van der Waals surface area contributed by atoms with Gasteiger partial charge in [-0.1, -0.05) is 19.9 Å². The summed E-state index contributed by atoms with van der Waals surface area (Å²) in [5.41, 5.74) is 1.54. The van der Waals surface area contributed by atoms with Crippen LogP contribution in [-0.4, -0.2) is 60.2 Å². The van der Waals surface area contributed by atoms with E-state index in [9.17, 15) is 9.59 Å². The van der Waals surface area contributed by atoms with Gasteiger partial charge in [-0.2, -0.15) is 0 Å². The number of anilines is 1. The number of nitrogens with one attached hydrogen (secondary N) is 1. The Kier molecular flexibility index (Phi) is 9.19. The van der Waals surface area contributed by atoms with E-state index >= 15 is 0 Å². The Morgan fingerprint density at radius 1 is 1.16 bits per heavy atom. The second kappa shape index (κ2) is 11.8. The topological polar surface area (TPSA) is 76.0 Å². The van der Waals surface area contributed by atoms with E-state index in [0.29, 0.717) is 36.2 Å². The average molecular weight is 443 g/mol. The predicted molar refractivity (Wildman–Crippen MR) is 126 cm³/mol. The van der Waals surface area contributed by atoms with Crippen molar-refractivity contribution in [3.8, 4) is 11.5 Å². The van der Waals surface area contributed by atoms with E-state index in [4.69, 9.17) is 9.47 Å². The van der Waals surface area contributed by atoms with E-state index in [2.05, 4.69) is 25.7 Å². The fraction of sp³-hybridized carbons (Fsp3) is 0.417. The van der Waals surface area contributed by atoms with Crippen LogP contribution < -0.4 is 14.8 Å². The molecule has 0 bridgehead atoms. The van der Waals surface area contributed by atoms with Crippen molar-refractivity contribution in [3.05, 3.63) is 54.9 Å². The number of ether oxygens (including phenoxy) is 2. The molecule has 1 aromatic heterocycles. The normalized spacial score (nSPS) is 10.6. The Morgan fingerprint density at radius 3 is 2.31 bits per heavy atom. The van der Waals surface area contributed by atoms with Gasteiger partial charge in [0.15, 0.2) is 0 Å². The SMILES string of the molecule is C=CCN(CC(=O)N(Cc1cccn1C)CC(C)C)C(=O)Nc1cc(OC)cc(OC)c1. The number of hydrogen-bond donors (Lipinski definition) is 1. The van der Waals surface area contributed by atoms with Gasteiger partial charge in [0.1, 0.15) is 18.0 Å². The highest BCUT2D eigenvalue weighted by Crippen LogP contribution is 2.26. The maximum Gasteiger partial charge on any atom is 0.322 e. The molecule has 8 heteroatoms. The van der Waals surface area contributed by atoms with Crippen LogP contribution in [0.4, 0.5) is 10.5 Å². The molecule has 8 nitrogen and oxygen atoms in total. The van der Waals surface area contributed by atoms with Crippen molar-refractivity contribution in [2.24, 2.45) is 13.0 Å². The Morgan fingerprint density at radius 2 is 1.81 bits per heavy atom. The summed E-state index contributed by atoms with van der Waals surface area (Å²) in [5, 5.41) is 2.82. The van der Waals surface area contributed by atoms with Crippen LogP contribution in [0.5, 0.6) is 11.5 Å². The second-order valence-electron chi connectivity index (χ2n) is 7.98. The van der Waals surface area contributed by atoms with Gasteiger partial charge in [-0.15, -0.1) is 6.58 Å². The zero-order chi connectivity index (χ0) is 23.7. The molecule has 0 unspecified atom stereocenters. The van der Waals surface area contributed by atoms with E-state index in [1.54, 1.807) is 43.4 Å². The lowest BCUT2D eigenvalue weighted by Crippen LogP contribution is -2.45. The highest BCUT2D eigenvalue weighted by molar-refractivity contribution is 5.92. The van der Waals surface area contributed by atoms with Crippen LogP contribution in [0.3, 0.4) is 0 Å². The van der Waals surface area contributed by atoms with E-state index in [1.807, 2.05) is 29.9 Å². The van der Waals surface area contributed by atoms with Gasteiger partial charge in [0.2, 0.25) is 5.91 Å². The van der Waals surface area contributed by atoms with E-state index in [1.165, 1.54) is 4.90 Å². The number of nitrogens with zero attached hydrogens (tertiary/aromatic N) is 3. The molecule has 0 aliphatic carbocycles. The Balaban J connectivity index is 2.15. The summed E-state index contributed by atoms with van der Waals surface area (Å²) in [5.74, 6) is 1.28. The maximum absolute atomic E-state index is 13.2. The molecule has 32 heavy (non-hydrogen) atoms. The smallest absolute Gasteiger partial charge is 0.322 e. The first-order chi connectivity index (χ1) is 15.3. The van der Waals surface area contributed by atoms with Crippen molar-refractivity contribution in [3.63, 3.8) is 0 Å². The lowest BCUT2D eigenvalue weighted by Gasteiger charge is -2.28. The summed E-state index contributed by atoms with van der Waals surface area (Å²) in [6, 6.07) is 8.63. The molecule has 1 N–H and O–H groups in total. The van der Waals surface area contributed by atoms with Gasteiger partial charge in [-0.25, -0.2) is 4.79 Å². The van der Waals surface area contributed by atoms with Crippen LogP contribution >= 0.6 is 0 Å². The second-order valence-corrected chi connectivity index (χ2v) is 7.98. The van der Waals surface area contributed by atoms with Crippen molar-refractivity contribution in [1.82, 2.24) is 14.4 Å². The van der Waals surface area contributed by atoms with Gasteiger partial charge < -0.3 is 29.2 Å². The quantitative estimate of drug-likeness (QED) is 0.538. The molecule has 0 radical (unpaired) electrons. The minimum atomic E-state index is -0.406. The number of aryl methyl sites for hydroxylation is 1. The summed E-state index contributed by atoms with van der Waals surface area (Å²) in [6.45, 7) is 9.11. The molecule has 3 amide bonds. The summed E-state index contributed by atoms with van der Waals surface area (Å²) in [4.78, 5) is 29.4. The van der Waals surface area contributed by atoms with Gasteiger partial charge in [0.05, 0.1) is 20.8 Å². The predicted octanol–water partition coefficient (Wildman–Crippen LogP) is 3.75. The Labute approximate surface area is 190 Å². The molecule has 0 saturated carbocycles. The van der Waals surface area contributed by atoms with Crippen molar-refractivity contribution < 1.29 is 19.1 Å². The molecule has 0 aliphatic heterocycles. The third kappa shape index (κ3) is 7.08. The van der Waals surface area contributed by atoms with E-state index < -0.39 is 6.03 Å². The number of amides is 3. The summed E-state index contributed by atoms with van der Waals surface area (Å²) >= 11 is 0. The molecule has 0 saturated heterocycles. The molecule has 0 fully saturated rings. The minimum Gasteiger partial charge on any atom is -0.497 e. The molecule has 0 spiro atoms. The molecular weight excluding hydrogens is 408 g/mol. The van der Waals surface area contributed by atoms with Crippen molar-refractivity contribution in [1.29, 1.82) is 0 Å². The maximum atomic E-state index is 13.2. The molecule has 2 rings (SSSR count). The number of methoxy groups -OCH3 is 2. The first-order valence-corrected chi connectivity index (χ1v) is 10.5. The lowest BCUT2D eigenvalue weighted by molar-refractivity contribution is -0.132. The third-order valence-corrected chi connectivity index (χ3v) is 4.91. The number of rotatable bonds is 11. The molecule has 0 aliphatic rings. The van der Waals surface area contributed by atoms with Gasteiger partial charge in [-0.3, -0.25) is 4.79 Å². The average Bonchev–Trinajstić information content (AvgIpc) is 3.16. The molecule has 1 heterocycles. The highest BCUT2D eigenvalue weighted by atomic mass is 16.5. The Bertz CT molecular complexity index is 900. The van der Waals surface area contributed by atoms with E-state index in [-0.39, 0.29) is 19.0 Å². The van der Waals surface area contributed by atoms with Crippen LogP contribution in [0.25, 0.3) is 0 Å². The van der Waals surface area contributed by atoms with Crippen LogP contribution in [0.2, 0.25) is 0 Å². The molecule has 1 aromatic carbocycles. The number of aromatic nitrogens is 1. The van der Waals surface area contributed by atoms with Crippen molar-refractivity contribution in [2.45, 2.75) is 20.4 Å². The zero-order valence-electron chi connectivity index (χ0n) is 19.6. The largest absolute Gasteiger partial charge is 0.497 e. The van der Waals surface area contributed by atoms with Crippen LogP contribution in [0.15, 0.2) is 49.2 Å². The first kappa shape index (κ1) is 24.8. The van der Waals surface area contributed by atoms with Crippen molar-refractivity contribution >= 4 is 17.6 Å². The van der Waals surface area contributed by atoms with Crippen LogP contribution in [0.1, 0.15) is 19.5 Å². The fourth-order valence-corrected chi connectivity index (χ4v) is 3.27. The standard InChI is InChI=1S/C24H34N4O4/c1-7-10-27(24(30)25-19-12-21(31-5)14-22(13-19)32-6)17-23(29)28(15-18(2)3)16-20-9-8-11-26(20)4/h7-9,11-14,18H,1,10,15-17H2,2-6H3,(H,25,30). The lowest BCUT2D eigenvalue weighted by atomic mass is 10.2. The zero-order valence-corrected chi connectivity index (χ0v) is 19.6. The molecule has 0 atom stereocenters. The minimum absolute atomic E-state index is 0.0594. The number of carbonyl (C=O) groups is 2. The number of hydrogen-bond acceptors (Lipinski definition) is 4. The van der Waals surface area contributed by atoms with Gasteiger partial charge in [0.25, 0.3) is 0 Å². The first-order valence-electron chi connectivity index (χ1n) is 10.5. The Hall–Kier alpha value is -3.42. The number of urea groups is 1. The molecular formula is C24H34N4O4. The third-order valence-electron chi connectivity index (χ3n) is 4.91. The fourth-order valence-electron chi connectivity index (χ4n) is 3.27. The van der Waals surface area contributed by atoms with Crippen LogP contribution in [-0.2, 0) is 18.4 Å². The van der Waals surface area contributed by atoms with Gasteiger partial charge in [-0.05, 0) is 18.1 Å². The highest BCUT2D eigenvalue weighted by Gasteiger charge is 2.22. The molecule has 174 valence electrons. The number of carbonyl (C=O) groups excluding carboxylic acids is 2. The van der Waals surface area contributed by atoms with Crippen molar-refractivity contribution in [2.75, 3.05) is 39.2 Å². The van der Waals surface area contributed by atoms with Gasteiger partial charge in [0, 0.05) is 55.9 Å². The summed E-state index contributed by atoms with van der Waals surface area (Å²) < 4.78 is 12.5.